The van der Waals surface area contributed by atoms with E-state index in [0.717, 1.165) is 105 Å². The Balaban J connectivity index is 1.32. The third-order valence-corrected chi connectivity index (χ3v) is 12.6. The van der Waals surface area contributed by atoms with Gasteiger partial charge in [0.05, 0.1) is 56.1 Å². The van der Waals surface area contributed by atoms with Gasteiger partial charge >= 0.3 is 0 Å². The third kappa shape index (κ3) is 4.38. The predicted octanol–water partition coefficient (Wildman–Crippen LogP) is 12.9. The second kappa shape index (κ2) is 12.0. The molecule has 0 atom stereocenters. The summed E-state index contributed by atoms with van der Waals surface area (Å²) in [6, 6.07) is 58.6. The molecule has 6 heteroatoms. The number of para-hydroxylation sites is 4. The molecular formula is C53H34N6. The normalized spacial score (nSPS) is 11.9. The summed E-state index contributed by atoms with van der Waals surface area (Å²) in [5, 5.41) is 31.0. The number of nitrogens with zero attached hydrogens (tertiary/aromatic N) is 6. The Morgan fingerprint density at radius 1 is 0.390 bits per heavy atom. The Kier molecular flexibility index (Phi) is 6.72. The first-order valence-corrected chi connectivity index (χ1v) is 19.8. The predicted molar refractivity (Wildman–Crippen MR) is 243 cm³/mol. The summed E-state index contributed by atoms with van der Waals surface area (Å²) >= 11 is 0. The fourth-order valence-corrected chi connectivity index (χ4v) is 10.2. The fourth-order valence-electron chi connectivity index (χ4n) is 10.2. The number of benzene rings is 8. The largest absolute Gasteiger partial charge is 0.342 e. The molecule has 0 saturated carbocycles. The molecule has 0 amide bonds. The Labute approximate surface area is 338 Å². The van der Waals surface area contributed by atoms with Crippen LogP contribution < -0.4 is 0 Å². The average molecular weight is 755 g/mol. The van der Waals surface area contributed by atoms with Crippen LogP contribution in [0.25, 0.3) is 110 Å². The Bertz CT molecular complexity index is 3690. The van der Waals surface area contributed by atoms with Crippen LogP contribution in [0.4, 0.5) is 0 Å². The molecule has 6 nitrogen and oxygen atoms in total. The molecule has 4 heterocycles. The van der Waals surface area contributed by atoms with Gasteiger partial charge in [-0.1, -0.05) is 103 Å². The number of aryl methyl sites for hydroxylation is 3. The van der Waals surface area contributed by atoms with Crippen molar-refractivity contribution in [1.82, 2.24) is 18.3 Å². The molecule has 4 aromatic heterocycles. The van der Waals surface area contributed by atoms with Gasteiger partial charge in [-0.2, -0.15) is 10.5 Å². The zero-order chi connectivity index (χ0) is 39.7. The topological polar surface area (TPSA) is 67.3 Å². The van der Waals surface area contributed by atoms with E-state index in [9.17, 15) is 10.5 Å². The van der Waals surface area contributed by atoms with Crippen molar-refractivity contribution < 1.29 is 0 Å². The summed E-state index contributed by atoms with van der Waals surface area (Å²) in [6.07, 6.45) is 0. The number of hydrogen-bond donors (Lipinski definition) is 0. The number of aromatic nitrogens is 4. The molecule has 0 fully saturated rings. The fraction of sp³-hybridized carbons (Fsp3) is 0.0566. The SMILES string of the molecule is Cc1cc(C#N)cc(-c2cc(-n3c4ccccc4c4ccc5c6ccccc6n(C)c5c43)c(C#N)c(-n3c4ccccc4c4ccc5c6ccccc6n(C)c5c43)c2)c1. The summed E-state index contributed by atoms with van der Waals surface area (Å²) in [4.78, 5) is 0. The molecule has 0 aliphatic rings. The molecule has 0 saturated heterocycles. The molecule has 59 heavy (non-hydrogen) atoms. The van der Waals surface area contributed by atoms with E-state index in [2.05, 4.69) is 184 Å². The van der Waals surface area contributed by atoms with Crippen LogP contribution in [0.5, 0.6) is 0 Å². The maximum Gasteiger partial charge on any atom is 0.104 e. The van der Waals surface area contributed by atoms with Crippen LogP contribution in [-0.4, -0.2) is 18.3 Å². The Morgan fingerprint density at radius 2 is 0.780 bits per heavy atom. The van der Waals surface area contributed by atoms with Crippen LogP contribution in [0.1, 0.15) is 16.7 Å². The van der Waals surface area contributed by atoms with Crippen molar-refractivity contribution in [2.75, 3.05) is 0 Å². The first-order valence-electron chi connectivity index (χ1n) is 19.8. The lowest BCUT2D eigenvalue weighted by molar-refractivity contribution is 1.01. The van der Waals surface area contributed by atoms with Crippen molar-refractivity contribution in [3.63, 3.8) is 0 Å². The molecule has 0 aliphatic carbocycles. The number of hydrogen-bond acceptors (Lipinski definition) is 2. The van der Waals surface area contributed by atoms with E-state index >= 15 is 0 Å². The third-order valence-electron chi connectivity index (χ3n) is 12.6. The van der Waals surface area contributed by atoms with Crippen LogP contribution >= 0.6 is 0 Å². The second-order valence-corrected chi connectivity index (χ2v) is 15.8. The van der Waals surface area contributed by atoms with Gasteiger partial charge in [-0.15, -0.1) is 0 Å². The summed E-state index contributed by atoms with van der Waals surface area (Å²) < 4.78 is 9.23. The van der Waals surface area contributed by atoms with E-state index in [1.165, 1.54) is 10.8 Å². The summed E-state index contributed by atoms with van der Waals surface area (Å²) in [5.74, 6) is 0. The lowest BCUT2D eigenvalue weighted by Crippen LogP contribution is -2.06. The molecule has 0 unspecified atom stereocenters. The van der Waals surface area contributed by atoms with E-state index in [1.807, 2.05) is 19.1 Å². The van der Waals surface area contributed by atoms with Gasteiger partial charge in [0.2, 0.25) is 0 Å². The smallest absolute Gasteiger partial charge is 0.104 e. The first kappa shape index (κ1) is 33.1. The number of rotatable bonds is 3. The molecular weight excluding hydrogens is 721 g/mol. The molecule has 8 aromatic carbocycles. The van der Waals surface area contributed by atoms with Crippen LogP contribution in [-0.2, 0) is 14.1 Å². The van der Waals surface area contributed by atoms with E-state index < -0.39 is 0 Å². The van der Waals surface area contributed by atoms with Crippen molar-refractivity contribution in [2.24, 2.45) is 14.1 Å². The summed E-state index contributed by atoms with van der Waals surface area (Å²) in [6.45, 7) is 2.03. The van der Waals surface area contributed by atoms with Gasteiger partial charge < -0.3 is 18.3 Å². The quantitative estimate of drug-likeness (QED) is 0.180. The monoisotopic (exact) mass is 754 g/mol. The van der Waals surface area contributed by atoms with E-state index in [4.69, 9.17) is 0 Å². The molecule has 276 valence electrons. The highest BCUT2D eigenvalue weighted by Crippen LogP contribution is 2.45. The van der Waals surface area contributed by atoms with E-state index in [0.29, 0.717) is 11.1 Å². The van der Waals surface area contributed by atoms with Crippen LogP contribution in [0.3, 0.4) is 0 Å². The van der Waals surface area contributed by atoms with Crippen molar-refractivity contribution in [2.45, 2.75) is 6.92 Å². The first-order chi connectivity index (χ1) is 28.9. The maximum absolute atomic E-state index is 11.7. The maximum atomic E-state index is 11.7. The number of nitriles is 2. The molecule has 0 spiro atoms. The van der Waals surface area contributed by atoms with Gasteiger partial charge in [-0.3, -0.25) is 0 Å². The molecule has 12 aromatic rings. The Morgan fingerprint density at radius 3 is 1.22 bits per heavy atom. The average Bonchev–Trinajstić information content (AvgIpc) is 3.98. The highest BCUT2D eigenvalue weighted by atomic mass is 15.1. The standard InChI is InChI=1S/C53H34N6/c1-31-24-32(29-54)26-33(25-31)34-27-48(58-46-18-10-6-14-37(46)41-22-20-39-35-12-4-8-16-44(35)56(2)50(39)52(41)58)43(30-55)49(28-34)59-47-19-11-7-15-38(47)42-23-21-40-36-13-5-9-17-45(36)57(3)51(40)53(42)59/h4-28H,1-3H3. The van der Waals surface area contributed by atoms with Gasteiger partial charge in [0.1, 0.15) is 11.6 Å². The second-order valence-electron chi connectivity index (χ2n) is 15.8. The van der Waals surface area contributed by atoms with Gasteiger partial charge in [0.25, 0.3) is 0 Å². The Hall–Kier alpha value is -8.06. The summed E-state index contributed by atoms with van der Waals surface area (Å²) in [7, 11) is 4.28. The van der Waals surface area contributed by atoms with Crippen LogP contribution in [0.15, 0.2) is 152 Å². The van der Waals surface area contributed by atoms with Gasteiger partial charge in [0.15, 0.2) is 0 Å². The highest BCUT2D eigenvalue weighted by Gasteiger charge is 2.26. The van der Waals surface area contributed by atoms with Crippen LogP contribution in [0.2, 0.25) is 0 Å². The molecule has 12 rings (SSSR count). The molecule has 0 bridgehead atoms. The molecule has 0 radical (unpaired) electrons. The van der Waals surface area contributed by atoms with Crippen molar-refractivity contribution in [3.05, 3.63) is 168 Å². The molecule has 0 aliphatic heterocycles. The zero-order valence-electron chi connectivity index (χ0n) is 32.6. The van der Waals surface area contributed by atoms with Crippen molar-refractivity contribution in [1.29, 1.82) is 10.5 Å². The number of fused-ring (bicyclic) bond motifs is 14. The zero-order valence-corrected chi connectivity index (χ0v) is 32.6. The minimum absolute atomic E-state index is 0.554. The summed E-state index contributed by atoms with van der Waals surface area (Å²) in [5.41, 5.74) is 14.1. The van der Waals surface area contributed by atoms with Gasteiger partial charge in [-0.25, -0.2) is 0 Å². The minimum Gasteiger partial charge on any atom is -0.342 e. The van der Waals surface area contributed by atoms with Crippen molar-refractivity contribution >= 4 is 87.2 Å². The van der Waals surface area contributed by atoms with Crippen molar-refractivity contribution in [3.8, 4) is 34.6 Å². The van der Waals surface area contributed by atoms with Gasteiger partial charge in [-0.05, 0) is 72.1 Å². The molecule has 0 N–H and O–H groups in total. The van der Waals surface area contributed by atoms with Crippen LogP contribution in [0, 0.1) is 29.6 Å². The van der Waals surface area contributed by atoms with E-state index in [-0.39, 0.29) is 0 Å². The van der Waals surface area contributed by atoms with Gasteiger partial charge in [0, 0.05) is 68.2 Å². The minimum atomic E-state index is 0.554. The highest BCUT2D eigenvalue weighted by molar-refractivity contribution is 6.25. The lowest BCUT2D eigenvalue weighted by Gasteiger charge is -2.19. The lowest BCUT2D eigenvalue weighted by atomic mass is 9.97. The van der Waals surface area contributed by atoms with E-state index in [1.54, 1.807) is 0 Å².